The van der Waals surface area contributed by atoms with E-state index in [1.54, 1.807) is 7.11 Å². The van der Waals surface area contributed by atoms with Gasteiger partial charge in [-0.15, -0.1) is 0 Å². The van der Waals surface area contributed by atoms with Gasteiger partial charge in [-0.2, -0.15) is 5.10 Å². The lowest BCUT2D eigenvalue weighted by molar-refractivity contribution is 0.0949. The Balaban J connectivity index is 1.62. The number of methoxy groups -OCH3 is 1. The van der Waals surface area contributed by atoms with Crippen molar-refractivity contribution in [3.05, 3.63) is 47.3 Å². The van der Waals surface area contributed by atoms with Crippen molar-refractivity contribution in [2.45, 2.75) is 25.8 Å². The second-order valence-corrected chi connectivity index (χ2v) is 6.80. The van der Waals surface area contributed by atoms with Gasteiger partial charge in [-0.25, -0.2) is 9.97 Å². The highest BCUT2D eigenvalue weighted by Crippen LogP contribution is 2.34. The maximum absolute atomic E-state index is 12.5. The summed E-state index contributed by atoms with van der Waals surface area (Å²) < 4.78 is 7.06. The summed E-state index contributed by atoms with van der Waals surface area (Å²) in [4.78, 5) is 21.8. The molecule has 0 fully saturated rings. The summed E-state index contributed by atoms with van der Waals surface area (Å²) >= 11 is 0. The summed E-state index contributed by atoms with van der Waals surface area (Å²) in [6.07, 6.45) is 4.37. The minimum Gasteiger partial charge on any atom is -0.497 e. The van der Waals surface area contributed by atoms with Crippen molar-refractivity contribution in [3.8, 4) is 28.5 Å². The number of hydrogen-bond donors (Lipinski definition) is 1. The molecule has 3 aromatic rings. The van der Waals surface area contributed by atoms with Crippen LogP contribution in [0, 0.1) is 0 Å². The van der Waals surface area contributed by atoms with E-state index in [4.69, 9.17) is 14.8 Å². The normalized spacial score (nSPS) is 15.2. The largest absolute Gasteiger partial charge is 0.497 e. The van der Waals surface area contributed by atoms with Crippen LogP contribution in [0.15, 0.2) is 30.5 Å². The van der Waals surface area contributed by atoms with Gasteiger partial charge in [0.25, 0.3) is 5.91 Å². The molecule has 0 spiro atoms. The molecule has 1 amide bonds. The first-order chi connectivity index (χ1) is 13.2. The van der Waals surface area contributed by atoms with Gasteiger partial charge >= 0.3 is 0 Å². The van der Waals surface area contributed by atoms with Crippen molar-refractivity contribution in [2.24, 2.45) is 0 Å². The van der Waals surface area contributed by atoms with E-state index in [1.165, 1.54) is 0 Å². The Hall–Kier alpha value is -3.22. The topological polar surface area (TPSA) is 81.9 Å². The number of amides is 1. The zero-order valence-electron chi connectivity index (χ0n) is 15.0. The van der Waals surface area contributed by atoms with Gasteiger partial charge in [0, 0.05) is 30.4 Å². The fourth-order valence-electron chi connectivity index (χ4n) is 3.79. The van der Waals surface area contributed by atoms with Crippen LogP contribution in [0.5, 0.6) is 5.75 Å². The van der Waals surface area contributed by atoms with Crippen LogP contribution in [0.1, 0.15) is 28.0 Å². The molecule has 0 radical (unpaired) electrons. The Morgan fingerprint density at radius 2 is 2.00 bits per heavy atom. The van der Waals surface area contributed by atoms with E-state index in [0.29, 0.717) is 18.1 Å². The number of ether oxygens (including phenoxy) is 1. The first-order valence-electron chi connectivity index (χ1n) is 9.13. The monoisotopic (exact) mass is 361 g/mol. The number of hydrogen-bond acceptors (Lipinski definition) is 5. The Kier molecular flexibility index (Phi) is 3.67. The molecular weight excluding hydrogens is 342 g/mol. The molecule has 3 heterocycles. The molecule has 2 aromatic heterocycles. The van der Waals surface area contributed by atoms with Gasteiger partial charge in [-0.05, 0) is 49.1 Å². The third-order valence-corrected chi connectivity index (χ3v) is 5.18. The van der Waals surface area contributed by atoms with E-state index in [0.717, 1.165) is 59.6 Å². The Morgan fingerprint density at radius 1 is 1.15 bits per heavy atom. The summed E-state index contributed by atoms with van der Waals surface area (Å²) in [5.74, 6) is 1.41. The van der Waals surface area contributed by atoms with E-state index in [-0.39, 0.29) is 5.91 Å². The molecule has 7 nitrogen and oxygen atoms in total. The summed E-state index contributed by atoms with van der Waals surface area (Å²) in [6.45, 7) is 1.43. The van der Waals surface area contributed by atoms with E-state index in [1.807, 2.05) is 35.1 Å². The smallest absolute Gasteiger partial charge is 0.269 e. The Morgan fingerprint density at radius 3 is 2.81 bits per heavy atom. The molecule has 1 aromatic carbocycles. The molecule has 2 aliphatic rings. The van der Waals surface area contributed by atoms with Gasteiger partial charge in [-0.1, -0.05) is 0 Å². The number of carbonyl (C=O) groups is 1. The highest BCUT2D eigenvalue weighted by atomic mass is 16.5. The minimum atomic E-state index is -0.0332. The highest BCUT2D eigenvalue weighted by Gasteiger charge is 2.30. The van der Waals surface area contributed by atoms with E-state index in [2.05, 4.69) is 10.3 Å². The second-order valence-electron chi connectivity index (χ2n) is 6.80. The second kappa shape index (κ2) is 6.19. The summed E-state index contributed by atoms with van der Waals surface area (Å²) in [6, 6.07) is 7.68. The molecule has 1 N–H and O–H groups in total. The summed E-state index contributed by atoms with van der Waals surface area (Å²) in [5, 5.41) is 7.72. The van der Waals surface area contributed by atoms with Crippen LogP contribution in [-0.2, 0) is 19.4 Å². The lowest BCUT2D eigenvalue weighted by Crippen LogP contribution is -2.24. The van der Waals surface area contributed by atoms with Crippen molar-refractivity contribution in [1.82, 2.24) is 25.1 Å². The number of aromatic nitrogens is 4. The first kappa shape index (κ1) is 16.0. The minimum absolute atomic E-state index is 0.0332. The molecular formula is C20H19N5O2. The van der Waals surface area contributed by atoms with Crippen LogP contribution in [0.3, 0.4) is 0 Å². The molecule has 7 heteroatoms. The number of fused-ring (bicyclic) bond motifs is 5. The lowest BCUT2D eigenvalue weighted by atomic mass is 9.93. The van der Waals surface area contributed by atoms with Crippen LogP contribution in [-0.4, -0.2) is 39.3 Å². The van der Waals surface area contributed by atoms with Crippen molar-refractivity contribution in [3.63, 3.8) is 0 Å². The van der Waals surface area contributed by atoms with Crippen molar-refractivity contribution in [2.75, 3.05) is 13.7 Å². The number of benzene rings is 1. The zero-order valence-corrected chi connectivity index (χ0v) is 15.0. The fraction of sp³-hybridized carbons (Fsp3) is 0.300. The molecule has 5 rings (SSSR count). The molecule has 0 unspecified atom stereocenters. The number of carbonyl (C=O) groups excluding carboxylic acids is 1. The quantitative estimate of drug-likeness (QED) is 0.757. The van der Waals surface area contributed by atoms with Crippen LogP contribution in [0.4, 0.5) is 0 Å². The summed E-state index contributed by atoms with van der Waals surface area (Å²) in [5.41, 5.74) is 5.35. The van der Waals surface area contributed by atoms with Crippen molar-refractivity contribution in [1.29, 1.82) is 0 Å². The molecule has 136 valence electrons. The third kappa shape index (κ3) is 2.58. The van der Waals surface area contributed by atoms with Crippen LogP contribution in [0.2, 0.25) is 0 Å². The SMILES string of the molecule is COc1ccc(-c2ncc3c(n2)-c2nn4c(c2CC3)C(=O)NCCC4)cc1. The van der Waals surface area contributed by atoms with E-state index < -0.39 is 0 Å². The molecule has 1 aliphatic heterocycles. The zero-order chi connectivity index (χ0) is 18.4. The number of aryl methyl sites for hydroxylation is 2. The first-order valence-corrected chi connectivity index (χ1v) is 9.13. The standard InChI is InChI=1S/C20H19N5O2/c1-27-14-6-3-12(4-7-14)19-22-11-13-5-8-15-17(16(13)23-19)24-25-10-2-9-21-20(26)18(15)25/h3-4,6-7,11H,2,5,8-10H2,1H3,(H,21,26). The highest BCUT2D eigenvalue weighted by molar-refractivity contribution is 5.96. The molecule has 27 heavy (non-hydrogen) atoms. The van der Waals surface area contributed by atoms with Gasteiger partial charge in [0.05, 0.1) is 12.8 Å². The van der Waals surface area contributed by atoms with Crippen LogP contribution < -0.4 is 10.1 Å². The van der Waals surface area contributed by atoms with Crippen molar-refractivity contribution >= 4 is 5.91 Å². The fourth-order valence-corrected chi connectivity index (χ4v) is 3.79. The van der Waals surface area contributed by atoms with Gasteiger partial charge < -0.3 is 10.1 Å². The molecule has 0 saturated carbocycles. The predicted octanol–water partition coefficient (Wildman–Crippen LogP) is 2.25. The summed E-state index contributed by atoms with van der Waals surface area (Å²) in [7, 11) is 1.64. The Bertz CT molecular complexity index is 1040. The van der Waals surface area contributed by atoms with Gasteiger partial charge in [-0.3, -0.25) is 9.48 Å². The van der Waals surface area contributed by atoms with Crippen LogP contribution >= 0.6 is 0 Å². The van der Waals surface area contributed by atoms with Gasteiger partial charge in [0.2, 0.25) is 0 Å². The Labute approximate surface area is 156 Å². The molecule has 0 saturated heterocycles. The van der Waals surface area contributed by atoms with Crippen LogP contribution in [0.25, 0.3) is 22.8 Å². The number of nitrogens with one attached hydrogen (secondary N) is 1. The average Bonchev–Trinajstić information content (AvgIpc) is 3.00. The maximum atomic E-state index is 12.5. The number of rotatable bonds is 2. The van der Waals surface area contributed by atoms with Gasteiger partial charge in [0.15, 0.2) is 5.82 Å². The average molecular weight is 361 g/mol. The molecule has 1 aliphatic carbocycles. The van der Waals surface area contributed by atoms with E-state index >= 15 is 0 Å². The molecule has 0 atom stereocenters. The predicted molar refractivity (Wildman–Crippen MR) is 99.6 cm³/mol. The maximum Gasteiger partial charge on any atom is 0.269 e. The third-order valence-electron chi connectivity index (χ3n) is 5.18. The van der Waals surface area contributed by atoms with Gasteiger partial charge in [0.1, 0.15) is 17.1 Å². The number of nitrogens with zero attached hydrogens (tertiary/aromatic N) is 4. The lowest BCUT2D eigenvalue weighted by Gasteiger charge is -2.15. The molecule has 0 bridgehead atoms. The van der Waals surface area contributed by atoms with E-state index in [9.17, 15) is 4.79 Å². The van der Waals surface area contributed by atoms with Crippen molar-refractivity contribution < 1.29 is 9.53 Å².